The van der Waals surface area contributed by atoms with Crippen LogP contribution in [0.15, 0.2) is 0 Å². The molecule has 0 aromatic heterocycles. The van der Waals surface area contributed by atoms with Gasteiger partial charge in [0.05, 0.1) is 11.5 Å². The Balaban J connectivity index is 2.18. The topological polar surface area (TPSA) is 49.4 Å². The van der Waals surface area contributed by atoms with Gasteiger partial charge in [0, 0.05) is 31.2 Å². The van der Waals surface area contributed by atoms with E-state index in [-0.39, 0.29) is 11.5 Å². The standard InChI is InChI=1S/C16H32N2O2S/c1-12(2)14-9-17-15(16(3,4)5)10-18(14)13-7-6-8-21(19,20)11-13/h12-15,17H,6-11H2,1-5H3. The summed E-state index contributed by atoms with van der Waals surface area (Å²) in [7, 11) is -2.85. The van der Waals surface area contributed by atoms with E-state index in [1.54, 1.807) is 0 Å². The van der Waals surface area contributed by atoms with Crippen LogP contribution in [-0.4, -0.2) is 56.0 Å². The van der Waals surface area contributed by atoms with E-state index < -0.39 is 9.84 Å². The largest absolute Gasteiger partial charge is 0.311 e. The van der Waals surface area contributed by atoms with E-state index >= 15 is 0 Å². The summed E-state index contributed by atoms with van der Waals surface area (Å²) in [4.78, 5) is 2.51. The Kier molecular flexibility index (Phi) is 5.06. The zero-order valence-corrected chi connectivity index (χ0v) is 15.0. The molecule has 0 radical (unpaired) electrons. The van der Waals surface area contributed by atoms with E-state index in [4.69, 9.17) is 0 Å². The zero-order valence-electron chi connectivity index (χ0n) is 14.2. The molecular formula is C16H32N2O2S. The third kappa shape index (κ3) is 4.20. The van der Waals surface area contributed by atoms with E-state index in [1.165, 1.54) is 0 Å². The van der Waals surface area contributed by atoms with Crippen molar-refractivity contribution in [2.45, 2.75) is 65.6 Å². The van der Waals surface area contributed by atoms with E-state index in [9.17, 15) is 8.42 Å². The third-order valence-electron chi connectivity index (χ3n) is 5.12. The molecule has 0 aliphatic carbocycles. The lowest BCUT2D eigenvalue weighted by Crippen LogP contribution is -2.65. The van der Waals surface area contributed by atoms with Crippen LogP contribution in [0.5, 0.6) is 0 Å². The molecule has 2 fully saturated rings. The van der Waals surface area contributed by atoms with Gasteiger partial charge in [0.15, 0.2) is 9.84 Å². The Morgan fingerprint density at radius 3 is 2.43 bits per heavy atom. The van der Waals surface area contributed by atoms with Gasteiger partial charge < -0.3 is 5.32 Å². The van der Waals surface area contributed by atoms with Crippen molar-refractivity contribution in [2.75, 3.05) is 24.6 Å². The lowest BCUT2D eigenvalue weighted by Gasteiger charge is -2.50. The van der Waals surface area contributed by atoms with Crippen LogP contribution in [0.4, 0.5) is 0 Å². The Morgan fingerprint density at radius 1 is 1.24 bits per heavy atom. The van der Waals surface area contributed by atoms with E-state index in [2.05, 4.69) is 44.8 Å². The van der Waals surface area contributed by atoms with Crippen LogP contribution in [0, 0.1) is 11.3 Å². The maximum atomic E-state index is 12.0. The number of rotatable bonds is 2. The molecule has 124 valence electrons. The summed E-state index contributed by atoms with van der Waals surface area (Å²) in [6.07, 6.45) is 1.85. The summed E-state index contributed by atoms with van der Waals surface area (Å²) >= 11 is 0. The average molecular weight is 317 g/mol. The van der Waals surface area contributed by atoms with Crippen molar-refractivity contribution in [3.8, 4) is 0 Å². The predicted octanol–water partition coefficient (Wildman–Crippen LogP) is 1.91. The monoisotopic (exact) mass is 316 g/mol. The predicted molar refractivity (Wildman–Crippen MR) is 88.3 cm³/mol. The summed E-state index contributed by atoms with van der Waals surface area (Å²) < 4.78 is 24.0. The number of hydrogen-bond donors (Lipinski definition) is 1. The van der Waals surface area contributed by atoms with Gasteiger partial charge in [-0.25, -0.2) is 8.42 Å². The van der Waals surface area contributed by atoms with Crippen molar-refractivity contribution >= 4 is 9.84 Å². The molecule has 5 heteroatoms. The molecule has 0 spiro atoms. The highest BCUT2D eigenvalue weighted by Crippen LogP contribution is 2.29. The van der Waals surface area contributed by atoms with Gasteiger partial charge in [-0.15, -0.1) is 0 Å². The van der Waals surface area contributed by atoms with Gasteiger partial charge >= 0.3 is 0 Å². The maximum Gasteiger partial charge on any atom is 0.151 e. The molecule has 0 amide bonds. The molecule has 2 aliphatic heterocycles. The first-order valence-electron chi connectivity index (χ1n) is 8.30. The molecule has 2 aliphatic rings. The van der Waals surface area contributed by atoms with Crippen LogP contribution in [-0.2, 0) is 9.84 Å². The fourth-order valence-corrected chi connectivity index (χ4v) is 5.39. The second kappa shape index (κ2) is 6.17. The van der Waals surface area contributed by atoms with Crippen LogP contribution in [0.25, 0.3) is 0 Å². The number of hydrogen-bond acceptors (Lipinski definition) is 4. The van der Waals surface area contributed by atoms with Gasteiger partial charge in [0.25, 0.3) is 0 Å². The molecular weight excluding hydrogens is 284 g/mol. The maximum absolute atomic E-state index is 12.0. The summed E-state index contributed by atoms with van der Waals surface area (Å²) in [6, 6.07) is 1.09. The molecule has 1 N–H and O–H groups in total. The molecule has 3 unspecified atom stereocenters. The van der Waals surface area contributed by atoms with Crippen LogP contribution < -0.4 is 5.32 Å². The van der Waals surface area contributed by atoms with Crippen molar-refractivity contribution < 1.29 is 8.42 Å². The molecule has 2 rings (SSSR count). The number of nitrogens with zero attached hydrogens (tertiary/aromatic N) is 1. The third-order valence-corrected chi connectivity index (χ3v) is 6.92. The Morgan fingerprint density at radius 2 is 1.90 bits per heavy atom. The fraction of sp³-hybridized carbons (Fsp3) is 1.00. The lowest BCUT2D eigenvalue weighted by atomic mass is 9.83. The quantitative estimate of drug-likeness (QED) is 0.845. The summed E-state index contributed by atoms with van der Waals surface area (Å²) in [5.74, 6) is 1.28. The minimum absolute atomic E-state index is 0.202. The van der Waals surface area contributed by atoms with Crippen LogP contribution in [0.1, 0.15) is 47.5 Å². The molecule has 21 heavy (non-hydrogen) atoms. The highest BCUT2D eigenvalue weighted by atomic mass is 32.2. The average Bonchev–Trinajstić information content (AvgIpc) is 2.35. The smallest absolute Gasteiger partial charge is 0.151 e. The summed E-state index contributed by atoms with van der Waals surface area (Å²) in [5.41, 5.74) is 0.202. The highest BCUT2D eigenvalue weighted by molar-refractivity contribution is 7.91. The molecule has 2 saturated heterocycles. The van der Waals surface area contributed by atoms with Crippen LogP contribution in [0.2, 0.25) is 0 Å². The van der Waals surface area contributed by atoms with E-state index in [0.29, 0.717) is 29.5 Å². The second-order valence-corrected chi connectivity index (χ2v) is 10.5. The molecule has 3 atom stereocenters. The minimum Gasteiger partial charge on any atom is -0.311 e. The van der Waals surface area contributed by atoms with Crippen LogP contribution >= 0.6 is 0 Å². The van der Waals surface area contributed by atoms with Gasteiger partial charge in [-0.3, -0.25) is 4.90 Å². The van der Waals surface area contributed by atoms with Gasteiger partial charge in [-0.2, -0.15) is 0 Å². The molecule has 0 saturated carbocycles. The molecule has 4 nitrogen and oxygen atoms in total. The van der Waals surface area contributed by atoms with Gasteiger partial charge in [0.2, 0.25) is 0 Å². The second-order valence-electron chi connectivity index (χ2n) is 8.25. The first-order valence-corrected chi connectivity index (χ1v) is 10.1. The molecule has 0 aromatic carbocycles. The molecule has 0 bridgehead atoms. The highest BCUT2D eigenvalue weighted by Gasteiger charge is 2.40. The normalized spacial score (nSPS) is 35.0. The number of piperazine rings is 1. The first-order chi connectivity index (χ1) is 9.60. The van der Waals surface area contributed by atoms with Crippen molar-refractivity contribution in [3.05, 3.63) is 0 Å². The van der Waals surface area contributed by atoms with Crippen LogP contribution in [0.3, 0.4) is 0 Å². The number of nitrogens with one attached hydrogen (secondary N) is 1. The minimum atomic E-state index is -2.85. The van der Waals surface area contributed by atoms with E-state index in [1.807, 2.05) is 0 Å². The Labute approximate surface area is 130 Å². The summed E-state index contributed by atoms with van der Waals surface area (Å²) in [6.45, 7) is 13.2. The van der Waals surface area contributed by atoms with Gasteiger partial charge in [-0.1, -0.05) is 34.6 Å². The van der Waals surface area contributed by atoms with Crippen molar-refractivity contribution in [2.24, 2.45) is 11.3 Å². The van der Waals surface area contributed by atoms with Crippen molar-refractivity contribution in [3.63, 3.8) is 0 Å². The van der Waals surface area contributed by atoms with Gasteiger partial charge in [-0.05, 0) is 24.2 Å². The van der Waals surface area contributed by atoms with E-state index in [0.717, 1.165) is 25.9 Å². The Hall–Kier alpha value is -0.130. The lowest BCUT2D eigenvalue weighted by molar-refractivity contribution is 0.0316. The van der Waals surface area contributed by atoms with Crippen molar-refractivity contribution in [1.82, 2.24) is 10.2 Å². The first kappa shape index (κ1) is 17.2. The Bertz CT molecular complexity index is 453. The molecule has 2 heterocycles. The zero-order chi connectivity index (χ0) is 15.8. The number of sulfone groups is 1. The van der Waals surface area contributed by atoms with Crippen molar-refractivity contribution in [1.29, 1.82) is 0 Å². The SMILES string of the molecule is CC(C)C1CNC(C(C)(C)C)CN1C1CCCS(=O)(=O)C1. The summed E-state index contributed by atoms with van der Waals surface area (Å²) in [5, 5.41) is 3.69. The van der Waals surface area contributed by atoms with Gasteiger partial charge in [0.1, 0.15) is 0 Å². The fourth-order valence-electron chi connectivity index (χ4n) is 3.67. The molecule has 0 aromatic rings.